The predicted molar refractivity (Wildman–Crippen MR) is 92.6 cm³/mol. The Bertz CT molecular complexity index is 961. The molecule has 26 heavy (non-hydrogen) atoms. The number of para-hydroxylation sites is 1. The first kappa shape index (κ1) is 18.1. The number of pyridine rings is 2. The lowest BCUT2D eigenvalue weighted by molar-refractivity contribution is -0.162. The number of carbonyl (C=O) groups excluding carboxylic acids is 1. The van der Waals surface area contributed by atoms with E-state index in [1.165, 1.54) is 18.5 Å². The van der Waals surface area contributed by atoms with Gasteiger partial charge in [-0.05, 0) is 24.3 Å². The summed E-state index contributed by atoms with van der Waals surface area (Å²) in [7, 11) is 0. The molecular formula is C18H13ClF3N3O. The van der Waals surface area contributed by atoms with Crippen LogP contribution in [0.25, 0.3) is 22.2 Å². The Morgan fingerprint density at radius 1 is 1.23 bits per heavy atom. The fraction of sp³-hybridized carbons (Fsp3) is 0.167. The molecule has 134 valence electrons. The van der Waals surface area contributed by atoms with Gasteiger partial charge in [0.05, 0.1) is 16.2 Å². The topological polar surface area (TPSA) is 54.9 Å². The van der Waals surface area contributed by atoms with Gasteiger partial charge >= 0.3 is 6.18 Å². The van der Waals surface area contributed by atoms with Crippen LogP contribution in [-0.4, -0.2) is 22.1 Å². The van der Waals surface area contributed by atoms with Crippen LogP contribution < -0.4 is 5.32 Å². The van der Waals surface area contributed by atoms with Crippen molar-refractivity contribution in [2.45, 2.75) is 19.1 Å². The van der Waals surface area contributed by atoms with Gasteiger partial charge in [-0.1, -0.05) is 23.7 Å². The second kappa shape index (κ2) is 6.92. The van der Waals surface area contributed by atoms with Crippen LogP contribution in [0.15, 0.2) is 48.8 Å². The van der Waals surface area contributed by atoms with Crippen LogP contribution in [0.5, 0.6) is 0 Å². The lowest BCUT2D eigenvalue weighted by atomic mass is 9.98. The minimum absolute atomic E-state index is 0.0646. The van der Waals surface area contributed by atoms with Crippen molar-refractivity contribution in [3.8, 4) is 11.3 Å². The molecule has 1 unspecified atom stereocenters. The van der Waals surface area contributed by atoms with Crippen molar-refractivity contribution < 1.29 is 18.0 Å². The maximum Gasteiger partial charge on any atom is 0.412 e. The first-order valence-corrected chi connectivity index (χ1v) is 7.98. The van der Waals surface area contributed by atoms with Gasteiger partial charge in [0.15, 0.2) is 6.04 Å². The van der Waals surface area contributed by atoms with Crippen molar-refractivity contribution in [2.75, 3.05) is 0 Å². The molecule has 1 atom stereocenters. The Labute approximate surface area is 152 Å². The second-order valence-corrected chi connectivity index (χ2v) is 6.06. The molecule has 0 saturated heterocycles. The molecule has 0 saturated carbocycles. The quantitative estimate of drug-likeness (QED) is 0.718. The first-order valence-electron chi connectivity index (χ1n) is 7.61. The summed E-state index contributed by atoms with van der Waals surface area (Å²) in [5.74, 6) is -0.796. The van der Waals surface area contributed by atoms with Crippen LogP contribution in [0.4, 0.5) is 13.2 Å². The highest BCUT2D eigenvalue weighted by atomic mass is 35.5. The molecule has 4 nitrogen and oxygen atoms in total. The summed E-state index contributed by atoms with van der Waals surface area (Å²) in [4.78, 5) is 19.7. The number of halogens is 4. The van der Waals surface area contributed by atoms with Gasteiger partial charge in [0.25, 0.3) is 0 Å². The van der Waals surface area contributed by atoms with Crippen LogP contribution in [0.2, 0.25) is 5.02 Å². The first-order chi connectivity index (χ1) is 12.3. The summed E-state index contributed by atoms with van der Waals surface area (Å²) in [5.41, 5.74) is 0.662. The molecule has 2 heterocycles. The van der Waals surface area contributed by atoms with E-state index in [0.717, 1.165) is 6.92 Å². The minimum Gasteiger partial charge on any atom is -0.341 e. The lowest BCUT2D eigenvalue weighted by Gasteiger charge is -2.24. The summed E-state index contributed by atoms with van der Waals surface area (Å²) in [6.07, 6.45) is -1.78. The number of alkyl halides is 3. The zero-order valence-electron chi connectivity index (χ0n) is 13.5. The number of nitrogens with zero attached hydrogens (tertiary/aromatic N) is 2. The number of aromatic nitrogens is 2. The summed E-state index contributed by atoms with van der Waals surface area (Å²) >= 11 is 6.15. The highest BCUT2D eigenvalue weighted by Crippen LogP contribution is 2.39. The number of amides is 1. The lowest BCUT2D eigenvalue weighted by Crippen LogP contribution is -2.37. The zero-order chi connectivity index (χ0) is 18.9. The Balaban J connectivity index is 2.33. The molecule has 3 rings (SSSR count). The van der Waals surface area contributed by atoms with Gasteiger partial charge in [-0.2, -0.15) is 13.2 Å². The van der Waals surface area contributed by atoms with Gasteiger partial charge in [0.1, 0.15) is 0 Å². The van der Waals surface area contributed by atoms with Crippen molar-refractivity contribution in [2.24, 2.45) is 0 Å². The molecule has 1 N–H and O–H groups in total. The Hall–Kier alpha value is -2.67. The van der Waals surface area contributed by atoms with Gasteiger partial charge in [-0.3, -0.25) is 9.78 Å². The zero-order valence-corrected chi connectivity index (χ0v) is 14.3. The van der Waals surface area contributed by atoms with E-state index in [0.29, 0.717) is 21.5 Å². The van der Waals surface area contributed by atoms with E-state index in [1.807, 2.05) is 5.32 Å². The van der Waals surface area contributed by atoms with Crippen LogP contribution in [0.3, 0.4) is 0 Å². The molecule has 1 aromatic carbocycles. The van der Waals surface area contributed by atoms with Crippen molar-refractivity contribution in [3.63, 3.8) is 0 Å². The molecule has 0 aliphatic carbocycles. The highest BCUT2D eigenvalue weighted by Gasteiger charge is 2.43. The van der Waals surface area contributed by atoms with Gasteiger partial charge in [0.2, 0.25) is 5.91 Å². The molecule has 0 aliphatic heterocycles. The van der Waals surface area contributed by atoms with E-state index in [9.17, 15) is 18.0 Å². The van der Waals surface area contributed by atoms with Crippen molar-refractivity contribution >= 4 is 28.4 Å². The van der Waals surface area contributed by atoms with E-state index in [1.54, 1.807) is 30.3 Å². The fourth-order valence-electron chi connectivity index (χ4n) is 2.67. The van der Waals surface area contributed by atoms with Crippen LogP contribution >= 0.6 is 11.6 Å². The molecule has 8 heteroatoms. The molecule has 0 aliphatic rings. The second-order valence-electron chi connectivity index (χ2n) is 5.65. The summed E-state index contributed by atoms with van der Waals surface area (Å²) in [6, 6.07) is 7.20. The van der Waals surface area contributed by atoms with Gasteiger partial charge in [-0.15, -0.1) is 0 Å². The summed E-state index contributed by atoms with van der Waals surface area (Å²) < 4.78 is 41.0. The highest BCUT2D eigenvalue weighted by molar-refractivity contribution is 6.35. The van der Waals surface area contributed by atoms with Crippen LogP contribution in [0.1, 0.15) is 18.5 Å². The van der Waals surface area contributed by atoms with E-state index < -0.39 is 18.1 Å². The number of nitrogens with one attached hydrogen (secondary N) is 1. The minimum atomic E-state index is -4.70. The smallest absolute Gasteiger partial charge is 0.341 e. The van der Waals surface area contributed by atoms with E-state index in [4.69, 9.17) is 11.6 Å². The monoisotopic (exact) mass is 379 g/mol. The number of rotatable bonds is 3. The Morgan fingerprint density at radius 3 is 2.62 bits per heavy atom. The SMILES string of the molecule is CC(=O)NC(c1cc2cccc(Cl)c2nc1-c1cccnc1)C(F)(F)F. The van der Waals surface area contributed by atoms with Crippen LogP contribution in [-0.2, 0) is 4.79 Å². The van der Waals surface area contributed by atoms with Crippen molar-refractivity contribution in [3.05, 3.63) is 59.4 Å². The average molecular weight is 380 g/mol. The largest absolute Gasteiger partial charge is 0.412 e. The number of hydrogen-bond acceptors (Lipinski definition) is 3. The molecule has 2 aromatic heterocycles. The number of benzene rings is 1. The van der Waals surface area contributed by atoms with Gasteiger partial charge in [-0.25, -0.2) is 4.98 Å². The van der Waals surface area contributed by atoms with Crippen LogP contribution in [0, 0.1) is 0 Å². The third-order valence-corrected chi connectivity index (χ3v) is 4.05. The Morgan fingerprint density at radius 2 is 2.00 bits per heavy atom. The van der Waals surface area contributed by atoms with E-state index >= 15 is 0 Å². The third kappa shape index (κ3) is 3.62. The third-order valence-electron chi connectivity index (χ3n) is 3.75. The average Bonchev–Trinajstić information content (AvgIpc) is 2.59. The van der Waals surface area contributed by atoms with Crippen molar-refractivity contribution in [1.29, 1.82) is 0 Å². The summed E-state index contributed by atoms with van der Waals surface area (Å²) in [6.45, 7) is 1.04. The molecule has 0 radical (unpaired) electrons. The molecule has 3 aromatic rings. The normalized spacial score (nSPS) is 12.8. The number of hydrogen-bond donors (Lipinski definition) is 1. The standard InChI is InChI=1S/C18H13ClF3N3O/c1-10(26)24-17(18(20,21)22)13-8-11-4-2-6-14(19)16(11)25-15(13)12-5-3-7-23-9-12/h2-9,17H,1H3,(H,24,26). The molecular weight excluding hydrogens is 367 g/mol. The maximum atomic E-state index is 13.7. The van der Waals surface area contributed by atoms with E-state index in [-0.39, 0.29) is 11.3 Å². The fourth-order valence-corrected chi connectivity index (χ4v) is 2.90. The Kier molecular flexibility index (Phi) is 4.82. The van der Waals surface area contributed by atoms with E-state index in [2.05, 4.69) is 9.97 Å². The molecule has 0 fully saturated rings. The van der Waals surface area contributed by atoms with Gasteiger partial charge in [0, 0.05) is 35.8 Å². The molecule has 0 spiro atoms. The number of fused-ring (bicyclic) bond motifs is 1. The maximum absolute atomic E-state index is 13.7. The number of carbonyl (C=O) groups is 1. The predicted octanol–water partition coefficient (Wildman–Crippen LogP) is 4.69. The van der Waals surface area contributed by atoms with Gasteiger partial charge < -0.3 is 5.32 Å². The molecule has 0 bridgehead atoms. The molecule has 1 amide bonds. The summed E-state index contributed by atoms with van der Waals surface area (Å²) in [5, 5.41) is 2.73. The van der Waals surface area contributed by atoms with Crippen molar-refractivity contribution in [1.82, 2.24) is 15.3 Å².